The number of hydrogen-bond acceptors (Lipinski definition) is 3. The monoisotopic (exact) mass is 344 g/mol. The van der Waals surface area contributed by atoms with Crippen LogP contribution in [0.15, 0.2) is 65.8 Å². The molecule has 3 nitrogen and oxygen atoms in total. The SMILES string of the molecule is COc1ccc2ccccc2c1C=NNc1ccc(C(F)(F)F)cc1. The Labute approximate surface area is 142 Å². The van der Waals surface area contributed by atoms with Gasteiger partial charge in [-0.05, 0) is 41.1 Å². The molecular formula is C19H15F3N2O. The molecule has 0 aliphatic carbocycles. The Morgan fingerprint density at radius 2 is 1.68 bits per heavy atom. The minimum absolute atomic E-state index is 0.462. The van der Waals surface area contributed by atoms with Crippen LogP contribution in [0.5, 0.6) is 5.75 Å². The zero-order chi connectivity index (χ0) is 17.9. The standard InChI is InChI=1S/C19H15F3N2O/c1-25-18-11-6-13-4-2-3-5-16(13)17(18)12-23-24-15-9-7-14(8-10-15)19(20,21)22/h2-12,24H,1H3. The van der Waals surface area contributed by atoms with Gasteiger partial charge in [0.1, 0.15) is 5.75 Å². The van der Waals surface area contributed by atoms with E-state index in [2.05, 4.69) is 10.5 Å². The highest BCUT2D eigenvalue weighted by Crippen LogP contribution is 2.30. The molecule has 0 fully saturated rings. The molecular weight excluding hydrogens is 329 g/mol. The summed E-state index contributed by atoms with van der Waals surface area (Å²) >= 11 is 0. The van der Waals surface area contributed by atoms with Crippen molar-refractivity contribution < 1.29 is 17.9 Å². The molecule has 0 heterocycles. The van der Waals surface area contributed by atoms with Crippen LogP contribution in [-0.4, -0.2) is 13.3 Å². The third-order valence-corrected chi connectivity index (χ3v) is 3.75. The van der Waals surface area contributed by atoms with E-state index in [4.69, 9.17) is 4.74 Å². The largest absolute Gasteiger partial charge is 0.496 e. The quantitative estimate of drug-likeness (QED) is 0.514. The van der Waals surface area contributed by atoms with Crippen LogP contribution in [0.2, 0.25) is 0 Å². The molecule has 0 spiro atoms. The number of alkyl halides is 3. The van der Waals surface area contributed by atoms with E-state index >= 15 is 0 Å². The van der Waals surface area contributed by atoms with Crippen LogP contribution >= 0.6 is 0 Å². The fourth-order valence-electron chi connectivity index (χ4n) is 2.49. The van der Waals surface area contributed by atoms with Crippen molar-refractivity contribution >= 4 is 22.7 Å². The second-order valence-electron chi connectivity index (χ2n) is 5.35. The van der Waals surface area contributed by atoms with E-state index in [1.165, 1.54) is 12.1 Å². The van der Waals surface area contributed by atoms with Crippen molar-refractivity contribution in [1.29, 1.82) is 0 Å². The summed E-state index contributed by atoms with van der Waals surface area (Å²) in [5.74, 6) is 0.664. The third-order valence-electron chi connectivity index (χ3n) is 3.75. The molecule has 128 valence electrons. The van der Waals surface area contributed by atoms with Crippen LogP contribution < -0.4 is 10.2 Å². The van der Waals surface area contributed by atoms with Gasteiger partial charge in [-0.2, -0.15) is 18.3 Å². The Morgan fingerprint density at radius 3 is 2.36 bits per heavy atom. The minimum atomic E-state index is -4.35. The first-order valence-electron chi connectivity index (χ1n) is 7.51. The number of methoxy groups -OCH3 is 1. The predicted molar refractivity (Wildman–Crippen MR) is 93.2 cm³/mol. The fourth-order valence-corrected chi connectivity index (χ4v) is 2.49. The number of hydrogen-bond donors (Lipinski definition) is 1. The third kappa shape index (κ3) is 3.74. The topological polar surface area (TPSA) is 33.6 Å². The number of nitrogens with zero attached hydrogens (tertiary/aromatic N) is 1. The van der Waals surface area contributed by atoms with Crippen LogP contribution in [-0.2, 0) is 6.18 Å². The normalized spacial score (nSPS) is 11.8. The van der Waals surface area contributed by atoms with Crippen LogP contribution in [0.3, 0.4) is 0 Å². The van der Waals surface area contributed by atoms with Crippen LogP contribution in [0, 0.1) is 0 Å². The first-order chi connectivity index (χ1) is 12.0. The summed E-state index contributed by atoms with van der Waals surface area (Å²) in [7, 11) is 1.57. The van der Waals surface area contributed by atoms with E-state index in [0.717, 1.165) is 28.5 Å². The van der Waals surface area contributed by atoms with Crippen molar-refractivity contribution in [3.63, 3.8) is 0 Å². The maximum atomic E-state index is 12.6. The number of rotatable bonds is 4. The Balaban J connectivity index is 1.84. The number of hydrazone groups is 1. The number of benzene rings is 3. The summed E-state index contributed by atoms with van der Waals surface area (Å²) < 4.78 is 43.0. The first-order valence-corrected chi connectivity index (χ1v) is 7.51. The average Bonchev–Trinajstić information content (AvgIpc) is 2.61. The second kappa shape index (κ2) is 6.84. The molecule has 3 rings (SSSR count). The van der Waals surface area contributed by atoms with Gasteiger partial charge >= 0.3 is 6.18 Å². The Kier molecular flexibility index (Phi) is 4.61. The Hall–Kier alpha value is -3.02. The summed E-state index contributed by atoms with van der Waals surface area (Å²) in [6, 6.07) is 16.3. The summed E-state index contributed by atoms with van der Waals surface area (Å²) in [6.45, 7) is 0. The summed E-state index contributed by atoms with van der Waals surface area (Å²) in [4.78, 5) is 0. The molecule has 0 amide bonds. The van der Waals surface area contributed by atoms with E-state index in [9.17, 15) is 13.2 Å². The lowest BCUT2D eigenvalue weighted by Crippen LogP contribution is -2.04. The van der Waals surface area contributed by atoms with Gasteiger partial charge in [-0.25, -0.2) is 0 Å². The van der Waals surface area contributed by atoms with Gasteiger partial charge in [0.2, 0.25) is 0 Å². The van der Waals surface area contributed by atoms with E-state index in [-0.39, 0.29) is 0 Å². The van der Waals surface area contributed by atoms with Crippen molar-refractivity contribution in [2.45, 2.75) is 6.18 Å². The summed E-state index contributed by atoms with van der Waals surface area (Å²) in [5, 5.41) is 6.14. The van der Waals surface area contributed by atoms with Crippen LogP contribution in [0.25, 0.3) is 10.8 Å². The lowest BCUT2D eigenvalue weighted by molar-refractivity contribution is -0.137. The molecule has 1 N–H and O–H groups in total. The highest BCUT2D eigenvalue weighted by molar-refractivity contribution is 6.02. The van der Waals surface area contributed by atoms with Gasteiger partial charge in [-0.15, -0.1) is 0 Å². The molecule has 0 unspecified atom stereocenters. The first kappa shape index (κ1) is 16.8. The number of halogens is 3. The van der Waals surface area contributed by atoms with Crippen molar-refractivity contribution in [2.24, 2.45) is 5.10 Å². The smallest absolute Gasteiger partial charge is 0.416 e. The molecule has 3 aromatic carbocycles. The van der Waals surface area contributed by atoms with Gasteiger partial charge in [0.25, 0.3) is 0 Å². The van der Waals surface area contributed by atoms with E-state index in [1.807, 2.05) is 36.4 Å². The highest BCUT2D eigenvalue weighted by Gasteiger charge is 2.29. The summed E-state index contributed by atoms with van der Waals surface area (Å²) in [6.07, 6.45) is -2.75. The molecule has 0 saturated carbocycles. The van der Waals surface area contributed by atoms with Gasteiger partial charge in [0, 0.05) is 5.56 Å². The molecule has 6 heteroatoms. The van der Waals surface area contributed by atoms with Crippen LogP contribution in [0.1, 0.15) is 11.1 Å². The molecule has 3 aromatic rings. The van der Waals surface area contributed by atoms with Crippen molar-refractivity contribution in [1.82, 2.24) is 0 Å². The Bertz CT molecular complexity index is 903. The Morgan fingerprint density at radius 1 is 0.960 bits per heavy atom. The molecule has 25 heavy (non-hydrogen) atoms. The van der Waals surface area contributed by atoms with Crippen molar-refractivity contribution in [2.75, 3.05) is 12.5 Å². The number of ether oxygens (including phenoxy) is 1. The molecule has 0 atom stereocenters. The van der Waals surface area contributed by atoms with Crippen molar-refractivity contribution in [3.8, 4) is 5.75 Å². The van der Waals surface area contributed by atoms with E-state index < -0.39 is 11.7 Å². The van der Waals surface area contributed by atoms with Gasteiger partial charge in [-0.3, -0.25) is 5.43 Å². The van der Waals surface area contributed by atoms with Gasteiger partial charge in [0.15, 0.2) is 0 Å². The second-order valence-corrected chi connectivity index (χ2v) is 5.35. The molecule has 0 aromatic heterocycles. The van der Waals surface area contributed by atoms with E-state index in [1.54, 1.807) is 13.3 Å². The van der Waals surface area contributed by atoms with Gasteiger partial charge < -0.3 is 4.74 Å². The lowest BCUT2D eigenvalue weighted by atomic mass is 10.0. The highest BCUT2D eigenvalue weighted by atomic mass is 19.4. The molecule has 0 bridgehead atoms. The van der Waals surface area contributed by atoms with Gasteiger partial charge in [-0.1, -0.05) is 30.3 Å². The summed E-state index contributed by atoms with van der Waals surface area (Å²) in [5.41, 5.74) is 3.29. The average molecular weight is 344 g/mol. The van der Waals surface area contributed by atoms with Crippen molar-refractivity contribution in [3.05, 3.63) is 71.8 Å². The molecule has 0 aliphatic heterocycles. The number of nitrogens with one attached hydrogen (secondary N) is 1. The predicted octanol–water partition coefficient (Wildman–Crippen LogP) is 5.31. The van der Waals surface area contributed by atoms with E-state index in [0.29, 0.717) is 11.4 Å². The number of fused-ring (bicyclic) bond motifs is 1. The molecule has 0 radical (unpaired) electrons. The maximum absolute atomic E-state index is 12.6. The zero-order valence-corrected chi connectivity index (χ0v) is 13.3. The fraction of sp³-hybridized carbons (Fsp3) is 0.105. The maximum Gasteiger partial charge on any atom is 0.416 e. The zero-order valence-electron chi connectivity index (χ0n) is 13.3. The van der Waals surface area contributed by atoms with Crippen LogP contribution in [0.4, 0.5) is 18.9 Å². The minimum Gasteiger partial charge on any atom is -0.496 e. The molecule has 0 saturated heterocycles. The lowest BCUT2D eigenvalue weighted by Gasteiger charge is -2.09. The molecule has 0 aliphatic rings. The van der Waals surface area contributed by atoms with Gasteiger partial charge in [0.05, 0.1) is 24.6 Å². The number of anilines is 1.